The molecule has 0 unspecified atom stereocenters. The van der Waals surface area contributed by atoms with Crippen LogP contribution in [0.1, 0.15) is 17.5 Å². The van der Waals surface area contributed by atoms with Gasteiger partial charge in [-0.1, -0.05) is 12.1 Å². The third kappa shape index (κ3) is 2.96. The van der Waals surface area contributed by atoms with Crippen LogP contribution in [0.15, 0.2) is 24.3 Å². The van der Waals surface area contributed by atoms with Crippen molar-refractivity contribution in [2.45, 2.75) is 13.3 Å². The average Bonchev–Trinajstić information content (AvgIpc) is 2.68. The van der Waals surface area contributed by atoms with E-state index < -0.39 is 16.0 Å². The Labute approximate surface area is 112 Å². The van der Waals surface area contributed by atoms with Crippen molar-refractivity contribution >= 4 is 27.8 Å². The Morgan fingerprint density at radius 2 is 2.16 bits per heavy atom. The van der Waals surface area contributed by atoms with Gasteiger partial charge in [0.15, 0.2) is 0 Å². The van der Waals surface area contributed by atoms with Crippen LogP contribution in [0.4, 0.5) is 5.69 Å². The van der Waals surface area contributed by atoms with Crippen LogP contribution in [-0.2, 0) is 14.8 Å². The zero-order valence-electron chi connectivity index (χ0n) is 10.5. The summed E-state index contributed by atoms with van der Waals surface area (Å²) in [5.74, 6) is -0.863. The maximum absolute atomic E-state index is 11.9. The van der Waals surface area contributed by atoms with E-state index in [-0.39, 0.29) is 5.75 Å². The maximum Gasteiger partial charge on any atom is 0.328 e. The van der Waals surface area contributed by atoms with E-state index in [1.807, 2.05) is 6.92 Å². The Morgan fingerprint density at radius 1 is 1.42 bits per heavy atom. The molecule has 6 heteroatoms. The van der Waals surface area contributed by atoms with Crippen LogP contribution >= 0.6 is 0 Å². The number of aliphatic carboxylic acids is 1. The molecule has 0 aliphatic carbocycles. The summed E-state index contributed by atoms with van der Waals surface area (Å²) in [4.78, 5) is 10.5. The number of anilines is 1. The van der Waals surface area contributed by atoms with Crippen molar-refractivity contribution < 1.29 is 18.3 Å². The van der Waals surface area contributed by atoms with Gasteiger partial charge in [0.05, 0.1) is 11.4 Å². The van der Waals surface area contributed by atoms with Crippen molar-refractivity contribution in [2.24, 2.45) is 0 Å². The van der Waals surface area contributed by atoms with Crippen molar-refractivity contribution in [2.75, 3.05) is 16.6 Å². The average molecular weight is 281 g/mol. The summed E-state index contributed by atoms with van der Waals surface area (Å²) in [6.07, 6.45) is 3.11. The van der Waals surface area contributed by atoms with E-state index in [0.717, 1.165) is 11.6 Å². The molecule has 0 spiro atoms. The van der Waals surface area contributed by atoms with Gasteiger partial charge in [-0.15, -0.1) is 0 Å². The van der Waals surface area contributed by atoms with Gasteiger partial charge >= 0.3 is 5.97 Å². The van der Waals surface area contributed by atoms with E-state index in [1.165, 1.54) is 10.4 Å². The molecular weight excluding hydrogens is 266 g/mol. The first kappa shape index (κ1) is 13.6. The first-order chi connectivity index (χ1) is 8.90. The summed E-state index contributed by atoms with van der Waals surface area (Å²) in [5.41, 5.74) is 2.16. The molecule has 1 saturated heterocycles. The van der Waals surface area contributed by atoms with Crippen molar-refractivity contribution in [3.8, 4) is 0 Å². The fourth-order valence-electron chi connectivity index (χ4n) is 2.08. The summed E-state index contributed by atoms with van der Waals surface area (Å²) in [6.45, 7) is 2.32. The molecule has 2 rings (SSSR count). The van der Waals surface area contributed by atoms with Crippen LogP contribution in [-0.4, -0.2) is 31.8 Å². The Balaban J connectivity index is 2.40. The quantitative estimate of drug-likeness (QED) is 0.855. The molecule has 0 radical (unpaired) electrons. The van der Waals surface area contributed by atoms with Crippen molar-refractivity contribution in [3.05, 3.63) is 35.4 Å². The Kier molecular flexibility index (Phi) is 3.61. The maximum atomic E-state index is 11.9. The van der Waals surface area contributed by atoms with Gasteiger partial charge in [-0.2, -0.15) is 0 Å². The molecule has 19 heavy (non-hydrogen) atoms. The number of hydrogen-bond donors (Lipinski definition) is 1. The predicted octanol–water partition coefficient (Wildman–Crippen LogP) is 1.63. The zero-order chi connectivity index (χ0) is 14.0. The van der Waals surface area contributed by atoms with Crippen LogP contribution in [0.25, 0.3) is 6.08 Å². The SMILES string of the molecule is Cc1ccc(/C=C/C(=O)O)cc1N1CCCS1(=O)=O. The van der Waals surface area contributed by atoms with E-state index in [2.05, 4.69) is 0 Å². The minimum Gasteiger partial charge on any atom is -0.478 e. The predicted molar refractivity (Wildman–Crippen MR) is 73.6 cm³/mol. The summed E-state index contributed by atoms with van der Waals surface area (Å²) >= 11 is 0. The van der Waals surface area contributed by atoms with Gasteiger partial charge in [-0.05, 0) is 36.6 Å². The van der Waals surface area contributed by atoms with Crippen LogP contribution in [0.5, 0.6) is 0 Å². The van der Waals surface area contributed by atoms with E-state index in [0.29, 0.717) is 24.2 Å². The van der Waals surface area contributed by atoms with Crippen LogP contribution < -0.4 is 4.31 Å². The molecule has 0 bridgehead atoms. The number of aryl methyl sites for hydroxylation is 1. The highest BCUT2D eigenvalue weighted by Crippen LogP contribution is 2.28. The molecule has 1 aromatic rings. The second kappa shape index (κ2) is 5.05. The molecule has 1 N–H and O–H groups in total. The van der Waals surface area contributed by atoms with Crippen molar-refractivity contribution in [1.29, 1.82) is 0 Å². The molecule has 1 aliphatic heterocycles. The molecule has 102 valence electrons. The fraction of sp³-hybridized carbons (Fsp3) is 0.308. The second-order valence-corrected chi connectivity index (χ2v) is 6.47. The molecule has 1 heterocycles. The molecule has 1 fully saturated rings. The minimum atomic E-state index is -3.22. The van der Waals surface area contributed by atoms with E-state index >= 15 is 0 Å². The smallest absolute Gasteiger partial charge is 0.328 e. The van der Waals surface area contributed by atoms with Gasteiger partial charge in [-0.3, -0.25) is 4.31 Å². The molecule has 5 nitrogen and oxygen atoms in total. The van der Waals surface area contributed by atoms with Crippen LogP contribution in [0, 0.1) is 6.92 Å². The third-order valence-electron chi connectivity index (χ3n) is 3.02. The first-order valence-electron chi connectivity index (χ1n) is 5.92. The second-order valence-electron chi connectivity index (χ2n) is 4.46. The fourth-order valence-corrected chi connectivity index (χ4v) is 3.69. The molecule has 0 aromatic heterocycles. The largest absolute Gasteiger partial charge is 0.478 e. The number of nitrogens with zero attached hydrogens (tertiary/aromatic N) is 1. The molecule has 0 atom stereocenters. The van der Waals surface area contributed by atoms with Crippen molar-refractivity contribution in [1.82, 2.24) is 0 Å². The molecule has 1 aromatic carbocycles. The molecule has 1 aliphatic rings. The number of carboxylic acid groups (broad SMARTS) is 1. The van der Waals surface area contributed by atoms with Crippen molar-refractivity contribution in [3.63, 3.8) is 0 Å². The first-order valence-corrected chi connectivity index (χ1v) is 7.53. The highest BCUT2D eigenvalue weighted by molar-refractivity contribution is 7.93. The van der Waals surface area contributed by atoms with Crippen LogP contribution in [0.2, 0.25) is 0 Å². The number of rotatable bonds is 3. The molecule has 0 saturated carbocycles. The summed E-state index contributed by atoms with van der Waals surface area (Å²) in [7, 11) is -3.22. The van der Waals surface area contributed by atoms with Gasteiger partial charge in [-0.25, -0.2) is 13.2 Å². The van der Waals surface area contributed by atoms with Gasteiger partial charge in [0.1, 0.15) is 0 Å². The number of sulfonamides is 1. The molecule has 0 amide bonds. The number of carboxylic acids is 1. The minimum absolute atomic E-state index is 0.168. The van der Waals surface area contributed by atoms with Crippen LogP contribution in [0.3, 0.4) is 0 Å². The highest BCUT2D eigenvalue weighted by atomic mass is 32.2. The van der Waals surface area contributed by atoms with E-state index in [1.54, 1.807) is 18.2 Å². The lowest BCUT2D eigenvalue weighted by molar-refractivity contribution is -0.131. The summed E-state index contributed by atoms with van der Waals surface area (Å²) < 4.78 is 25.2. The lowest BCUT2D eigenvalue weighted by Gasteiger charge is -2.19. The Hall–Kier alpha value is -1.82. The zero-order valence-corrected chi connectivity index (χ0v) is 11.4. The normalized spacial score (nSPS) is 18.1. The lowest BCUT2D eigenvalue weighted by atomic mass is 10.1. The monoisotopic (exact) mass is 281 g/mol. The van der Waals surface area contributed by atoms with E-state index in [4.69, 9.17) is 5.11 Å². The lowest BCUT2D eigenvalue weighted by Crippen LogP contribution is -2.25. The van der Waals surface area contributed by atoms with Gasteiger partial charge in [0, 0.05) is 12.6 Å². The molecular formula is C13H15NO4S. The number of carbonyl (C=O) groups is 1. The highest BCUT2D eigenvalue weighted by Gasteiger charge is 2.29. The summed E-state index contributed by atoms with van der Waals surface area (Å²) in [5, 5.41) is 8.60. The Bertz CT molecular complexity index is 634. The van der Waals surface area contributed by atoms with Gasteiger partial charge < -0.3 is 5.11 Å². The standard InChI is InChI=1S/C13H15NO4S/c1-10-3-4-11(5-6-13(15)16)9-12(10)14-7-2-8-19(14,17)18/h3-6,9H,2,7-8H2,1H3,(H,15,16)/b6-5+. The topological polar surface area (TPSA) is 74.7 Å². The Morgan fingerprint density at radius 3 is 2.74 bits per heavy atom. The number of benzene rings is 1. The van der Waals surface area contributed by atoms with E-state index in [9.17, 15) is 13.2 Å². The summed E-state index contributed by atoms with van der Waals surface area (Å²) in [6, 6.07) is 5.27. The number of hydrogen-bond acceptors (Lipinski definition) is 3. The third-order valence-corrected chi connectivity index (χ3v) is 4.87. The van der Waals surface area contributed by atoms with Gasteiger partial charge in [0.2, 0.25) is 10.0 Å². The van der Waals surface area contributed by atoms with Gasteiger partial charge in [0.25, 0.3) is 0 Å².